The summed E-state index contributed by atoms with van der Waals surface area (Å²) in [4.78, 5) is 24.3. The Balaban J connectivity index is 2.29. The first-order valence-corrected chi connectivity index (χ1v) is 7.91. The minimum absolute atomic E-state index is 0.0164. The fourth-order valence-corrected chi connectivity index (χ4v) is 2.42. The van der Waals surface area contributed by atoms with Crippen molar-refractivity contribution < 1.29 is 14.0 Å². The molecule has 0 saturated carbocycles. The molecule has 0 atom stereocenters. The topological polar surface area (TPSA) is 58.2 Å². The Morgan fingerprint density at radius 2 is 1.75 bits per heavy atom. The van der Waals surface area contributed by atoms with E-state index >= 15 is 0 Å². The molecule has 0 spiro atoms. The molecule has 2 rings (SSSR count). The Kier molecular flexibility index (Phi) is 5.80. The number of hydrogen-bond acceptors (Lipinski definition) is 2. The number of anilines is 1. The second-order valence-electron chi connectivity index (χ2n) is 5.37. The predicted molar refractivity (Wildman–Crippen MR) is 93.4 cm³/mol. The van der Waals surface area contributed by atoms with Crippen molar-refractivity contribution in [2.24, 2.45) is 0 Å². The van der Waals surface area contributed by atoms with Crippen LogP contribution in [-0.2, 0) is 0 Å². The third kappa shape index (κ3) is 4.24. The largest absolute Gasteiger partial charge is 0.350 e. The molecule has 2 N–H and O–H groups in total. The molecule has 0 aliphatic carbocycles. The van der Waals surface area contributed by atoms with E-state index in [0.29, 0.717) is 5.56 Å². The van der Waals surface area contributed by atoms with Gasteiger partial charge in [-0.1, -0.05) is 29.3 Å². The zero-order valence-electron chi connectivity index (χ0n) is 13.0. The smallest absolute Gasteiger partial charge is 0.260 e. The number of benzene rings is 2. The van der Waals surface area contributed by atoms with Crippen LogP contribution in [0.1, 0.15) is 34.6 Å². The highest BCUT2D eigenvalue weighted by Crippen LogP contribution is 2.26. The van der Waals surface area contributed by atoms with Gasteiger partial charge in [0.15, 0.2) is 0 Å². The first-order chi connectivity index (χ1) is 11.3. The van der Waals surface area contributed by atoms with Crippen LogP contribution in [0, 0.1) is 5.82 Å². The van der Waals surface area contributed by atoms with Gasteiger partial charge < -0.3 is 10.6 Å². The normalized spacial score (nSPS) is 10.6. The SMILES string of the molecule is CC(C)NC(=O)c1ccc(Cl)c(NC(=O)c2c(F)cccc2Cl)c1. The summed E-state index contributed by atoms with van der Waals surface area (Å²) in [5.41, 5.74) is 0.229. The third-order valence-electron chi connectivity index (χ3n) is 3.09. The molecule has 0 radical (unpaired) electrons. The van der Waals surface area contributed by atoms with Gasteiger partial charge in [0, 0.05) is 11.6 Å². The van der Waals surface area contributed by atoms with E-state index in [1.165, 1.54) is 30.3 Å². The molecule has 0 unspecified atom stereocenters. The van der Waals surface area contributed by atoms with Gasteiger partial charge in [-0.2, -0.15) is 0 Å². The minimum Gasteiger partial charge on any atom is -0.350 e. The van der Waals surface area contributed by atoms with Gasteiger partial charge in [0.25, 0.3) is 11.8 Å². The molecule has 0 bridgehead atoms. The van der Waals surface area contributed by atoms with Crippen molar-refractivity contribution in [1.29, 1.82) is 0 Å². The average molecular weight is 369 g/mol. The van der Waals surface area contributed by atoms with Crippen LogP contribution in [0.4, 0.5) is 10.1 Å². The van der Waals surface area contributed by atoms with Crippen molar-refractivity contribution in [1.82, 2.24) is 5.32 Å². The van der Waals surface area contributed by atoms with Crippen LogP contribution in [0.2, 0.25) is 10.0 Å². The van der Waals surface area contributed by atoms with Crippen molar-refractivity contribution in [2.45, 2.75) is 19.9 Å². The number of amides is 2. The van der Waals surface area contributed by atoms with E-state index in [1.54, 1.807) is 0 Å². The lowest BCUT2D eigenvalue weighted by Crippen LogP contribution is -2.30. The molecule has 2 aromatic carbocycles. The molecule has 0 aliphatic heterocycles. The predicted octanol–water partition coefficient (Wildman–Crippen LogP) is 4.52. The Hall–Kier alpha value is -2.11. The van der Waals surface area contributed by atoms with Crippen molar-refractivity contribution in [3.8, 4) is 0 Å². The van der Waals surface area contributed by atoms with Crippen LogP contribution in [0.25, 0.3) is 0 Å². The molecule has 2 aromatic rings. The lowest BCUT2D eigenvalue weighted by atomic mass is 10.1. The second kappa shape index (κ2) is 7.64. The Bertz CT molecular complexity index is 774. The molecule has 0 saturated heterocycles. The van der Waals surface area contributed by atoms with E-state index < -0.39 is 11.7 Å². The van der Waals surface area contributed by atoms with Gasteiger partial charge in [0.2, 0.25) is 0 Å². The van der Waals surface area contributed by atoms with Crippen molar-refractivity contribution in [3.05, 3.63) is 63.4 Å². The first-order valence-electron chi connectivity index (χ1n) is 7.15. The highest BCUT2D eigenvalue weighted by molar-refractivity contribution is 6.36. The minimum atomic E-state index is -0.749. The molecule has 7 heteroatoms. The number of nitrogens with one attached hydrogen (secondary N) is 2. The molecule has 24 heavy (non-hydrogen) atoms. The third-order valence-corrected chi connectivity index (χ3v) is 3.73. The molecule has 2 amide bonds. The van der Waals surface area contributed by atoms with Crippen LogP contribution in [0.3, 0.4) is 0 Å². The maximum absolute atomic E-state index is 13.8. The number of halogens is 3. The van der Waals surface area contributed by atoms with E-state index in [0.717, 1.165) is 6.07 Å². The summed E-state index contributed by atoms with van der Waals surface area (Å²) in [7, 11) is 0. The zero-order chi connectivity index (χ0) is 17.9. The zero-order valence-corrected chi connectivity index (χ0v) is 14.5. The summed E-state index contributed by atoms with van der Waals surface area (Å²) in [5, 5.41) is 5.42. The summed E-state index contributed by atoms with van der Waals surface area (Å²) in [5.74, 6) is -1.80. The van der Waals surface area contributed by atoms with Gasteiger partial charge in [-0.25, -0.2) is 4.39 Å². The summed E-state index contributed by atoms with van der Waals surface area (Å²) in [6, 6.07) is 8.35. The van der Waals surface area contributed by atoms with Crippen molar-refractivity contribution in [3.63, 3.8) is 0 Å². The molecule has 4 nitrogen and oxygen atoms in total. The molecular formula is C17H15Cl2FN2O2. The number of carbonyl (C=O) groups excluding carboxylic acids is 2. The quantitative estimate of drug-likeness (QED) is 0.832. The highest BCUT2D eigenvalue weighted by atomic mass is 35.5. The van der Waals surface area contributed by atoms with Crippen LogP contribution >= 0.6 is 23.2 Å². The van der Waals surface area contributed by atoms with E-state index in [-0.39, 0.29) is 33.2 Å². The second-order valence-corrected chi connectivity index (χ2v) is 6.19. The first kappa shape index (κ1) is 18.2. The Labute approximate surface area is 149 Å². The van der Waals surface area contributed by atoms with Gasteiger partial charge in [0.05, 0.1) is 21.3 Å². The number of hydrogen-bond donors (Lipinski definition) is 2. The van der Waals surface area contributed by atoms with Gasteiger partial charge in [-0.05, 0) is 44.2 Å². The Morgan fingerprint density at radius 1 is 1.04 bits per heavy atom. The lowest BCUT2D eigenvalue weighted by Gasteiger charge is -2.12. The molecule has 0 fully saturated rings. The van der Waals surface area contributed by atoms with Gasteiger partial charge in [-0.15, -0.1) is 0 Å². The van der Waals surface area contributed by atoms with Crippen LogP contribution in [0.5, 0.6) is 0 Å². The summed E-state index contributed by atoms with van der Waals surface area (Å²) < 4.78 is 13.8. The van der Waals surface area contributed by atoms with Crippen LogP contribution in [-0.4, -0.2) is 17.9 Å². The van der Waals surface area contributed by atoms with E-state index in [9.17, 15) is 14.0 Å². The monoisotopic (exact) mass is 368 g/mol. The standard InChI is InChI=1S/C17H15Cl2FN2O2/c1-9(2)21-16(23)10-6-7-11(18)14(8-10)22-17(24)15-12(19)4-3-5-13(15)20/h3-9H,1-2H3,(H,21,23)(H,22,24). The maximum atomic E-state index is 13.8. The molecule has 0 heterocycles. The summed E-state index contributed by atoms with van der Waals surface area (Å²) in [6.45, 7) is 3.66. The van der Waals surface area contributed by atoms with Crippen molar-refractivity contribution in [2.75, 3.05) is 5.32 Å². The van der Waals surface area contributed by atoms with Gasteiger partial charge >= 0.3 is 0 Å². The molecular weight excluding hydrogens is 354 g/mol. The fraction of sp³-hybridized carbons (Fsp3) is 0.176. The van der Waals surface area contributed by atoms with Gasteiger partial charge in [0.1, 0.15) is 5.82 Å². The van der Waals surface area contributed by atoms with Gasteiger partial charge in [-0.3, -0.25) is 9.59 Å². The highest BCUT2D eigenvalue weighted by Gasteiger charge is 2.18. The number of carbonyl (C=O) groups is 2. The molecule has 0 aromatic heterocycles. The summed E-state index contributed by atoms with van der Waals surface area (Å²) in [6.07, 6.45) is 0. The summed E-state index contributed by atoms with van der Waals surface area (Å²) >= 11 is 11.9. The molecule has 126 valence electrons. The van der Waals surface area contributed by atoms with Crippen LogP contribution < -0.4 is 10.6 Å². The van der Waals surface area contributed by atoms with E-state index in [1.807, 2.05) is 13.8 Å². The Morgan fingerprint density at radius 3 is 2.38 bits per heavy atom. The maximum Gasteiger partial charge on any atom is 0.260 e. The van der Waals surface area contributed by atoms with Crippen LogP contribution in [0.15, 0.2) is 36.4 Å². The average Bonchev–Trinajstić information content (AvgIpc) is 2.48. The van der Waals surface area contributed by atoms with Crippen molar-refractivity contribution >= 4 is 40.7 Å². The van der Waals surface area contributed by atoms with E-state index in [2.05, 4.69) is 10.6 Å². The molecule has 0 aliphatic rings. The lowest BCUT2D eigenvalue weighted by molar-refractivity contribution is 0.0941. The van der Waals surface area contributed by atoms with E-state index in [4.69, 9.17) is 23.2 Å². The fourth-order valence-electron chi connectivity index (χ4n) is 2.01. The number of rotatable bonds is 4.